The van der Waals surface area contributed by atoms with Crippen LogP contribution in [0.25, 0.3) is 0 Å². The maximum atomic E-state index is 5.28. The maximum absolute atomic E-state index is 5.28. The fraction of sp³-hybridized carbons (Fsp3) is 0.357. The Morgan fingerprint density at radius 1 is 1.16 bits per heavy atom. The number of hydrogen-bond acceptors (Lipinski definition) is 5. The number of methoxy groups -OCH3 is 1. The first-order chi connectivity index (χ1) is 9.17. The molecule has 0 radical (unpaired) electrons. The second kappa shape index (κ2) is 5.75. The fourth-order valence-electron chi connectivity index (χ4n) is 2.13. The molecule has 100 valence electrons. The van der Waals surface area contributed by atoms with Gasteiger partial charge in [-0.1, -0.05) is 6.07 Å². The maximum Gasteiger partial charge on any atom is 0.237 e. The van der Waals surface area contributed by atoms with Gasteiger partial charge in [0, 0.05) is 23.8 Å². The highest BCUT2D eigenvalue weighted by molar-refractivity contribution is 5.35. The van der Waals surface area contributed by atoms with E-state index in [2.05, 4.69) is 26.3 Å². The number of aryl methyl sites for hydroxylation is 2. The monoisotopic (exact) mass is 258 g/mol. The molecule has 0 aromatic carbocycles. The van der Waals surface area contributed by atoms with Gasteiger partial charge in [0.1, 0.15) is 5.69 Å². The van der Waals surface area contributed by atoms with E-state index in [4.69, 9.17) is 4.74 Å². The summed E-state index contributed by atoms with van der Waals surface area (Å²) in [6, 6.07) is 3.97. The van der Waals surface area contributed by atoms with Crippen molar-refractivity contribution in [3.05, 3.63) is 47.2 Å². The molecule has 0 aliphatic rings. The van der Waals surface area contributed by atoms with Gasteiger partial charge >= 0.3 is 0 Å². The molecular formula is C14H18N4O. The molecule has 1 unspecified atom stereocenters. The number of pyridine rings is 1. The average Bonchev–Trinajstić information content (AvgIpc) is 2.42. The van der Waals surface area contributed by atoms with Gasteiger partial charge in [0.05, 0.1) is 13.2 Å². The van der Waals surface area contributed by atoms with E-state index in [-0.39, 0.29) is 6.04 Å². The topological polar surface area (TPSA) is 59.9 Å². The summed E-state index contributed by atoms with van der Waals surface area (Å²) in [7, 11) is 3.48. The first-order valence-corrected chi connectivity index (χ1v) is 6.13. The van der Waals surface area contributed by atoms with Gasteiger partial charge in [0.15, 0.2) is 0 Å². The van der Waals surface area contributed by atoms with E-state index in [1.165, 1.54) is 0 Å². The minimum Gasteiger partial charge on any atom is -0.480 e. The molecule has 0 aliphatic heterocycles. The van der Waals surface area contributed by atoms with E-state index in [0.717, 1.165) is 22.6 Å². The predicted molar refractivity (Wildman–Crippen MR) is 73.2 cm³/mol. The van der Waals surface area contributed by atoms with Crippen LogP contribution in [0.15, 0.2) is 24.5 Å². The number of nitrogens with one attached hydrogen (secondary N) is 1. The summed E-state index contributed by atoms with van der Waals surface area (Å²) in [6.07, 6.45) is 3.29. The third-order valence-electron chi connectivity index (χ3n) is 3.02. The molecule has 0 aliphatic carbocycles. The molecule has 0 bridgehead atoms. The number of hydrogen-bond donors (Lipinski definition) is 1. The van der Waals surface area contributed by atoms with Crippen LogP contribution in [-0.4, -0.2) is 29.1 Å². The Morgan fingerprint density at radius 2 is 1.89 bits per heavy atom. The van der Waals surface area contributed by atoms with Crippen LogP contribution >= 0.6 is 0 Å². The average molecular weight is 258 g/mol. The molecule has 2 aromatic rings. The zero-order chi connectivity index (χ0) is 13.8. The number of ether oxygens (including phenoxy) is 1. The Hall–Kier alpha value is -2.01. The molecule has 5 heteroatoms. The van der Waals surface area contributed by atoms with Gasteiger partial charge in [-0.25, -0.2) is 4.98 Å². The lowest BCUT2D eigenvalue weighted by Gasteiger charge is -2.19. The van der Waals surface area contributed by atoms with E-state index >= 15 is 0 Å². The zero-order valence-electron chi connectivity index (χ0n) is 11.6. The second-order valence-electron chi connectivity index (χ2n) is 4.30. The molecule has 2 aromatic heterocycles. The molecule has 2 rings (SSSR count). The van der Waals surface area contributed by atoms with Crippen LogP contribution in [0.5, 0.6) is 5.88 Å². The molecule has 19 heavy (non-hydrogen) atoms. The van der Waals surface area contributed by atoms with Crippen molar-refractivity contribution < 1.29 is 4.74 Å². The second-order valence-corrected chi connectivity index (χ2v) is 4.30. The zero-order valence-corrected chi connectivity index (χ0v) is 11.6. The van der Waals surface area contributed by atoms with Crippen LogP contribution in [0, 0.1) is 13.8 Å². The van der Waals surface area contributed by atoms with Crippen molar-refractivity contribution >= 4 is 0 Å². The van der Waals surface area contributed by atoms with Crippen molar-refractivity contribution in [3.63, 3.8) is 0 Å². The fourth-order valence-corrected chi connectivity index (χ4v) is 2.13. The van der Waals surface area contributed by atoms with Crippen molar-refractivity contribution in [2.24, 2.45) is 0 Å². The highest BCUT2D eigenvalue weighted by Crippen LogP contribution is 2.27. The Balaban J connectivity index is 2.50. The SMILES string of the molecule is CNC(c1ccc(C)nc1C)c1nccnc1OC. The summed E-state index contributed by atoms with van der Waals surface area (Å²) >= 11 is 0. The van der Waals surface area contributed by atoms with Gasteiger partial charge in [-0.05, 0) is 32.5 Å². The first-order valence-electron chi connectivity index (χ1n) is 6.13. The normalized spacial score (nSPS) is 12.2. The molecule has 0 spiro atoms. The first kappa shape index (κ1) is 13.4. The van der Waals surface area contributed by atoms with E-state index < -0.39 is 0 Å². The predicted octanol–water partition coefficient (Wildman–Crippen LogP) is 1.81. The van der Waals surface area contributed by atoms with Gasteiger partial charge in [0.2, 0.25) is 5.88 Å². The molecule has 2 heterocycles. The largest absolute Gasteiger partial charge is 0.480 e. The molecule has 0 saturated carbocycles. The van der Waals surface area contributed by atoms with Crippen LogP contribution in [0.3, 0.4) is 0 Å². The summed E-state index contributed by atoms with van der Waals surface area (Å²) in [5, 5.41) is 3.25. The van der Waals surface area contributed by atoms with Crippen LogP contribution in [0.2, 0.25) is 0 Å². The van der Waals surface area contributed by atoms with Crippen molar-refractivity contribution in [1.82, 2.24) is 20.3 Å². The van der Waals surface area contributed by atoms with Gasteiger partial charge in [-0.15, -0.1) is 0 Å². The summed E-state index contributed by atoms with van der Waals surface area (Å²) in [5.41, 5.74) is 3.82. The quantitative estimate of drug-likeness (QED) is 0.906. The van der Waals surface area contributed by atoms with Crippen molar-refractivity contribution in [2.45, 2.75) is 19.9 Å². The Labute approximate surface area is 113 Å². The van der Waals surface area contributed by atoms with Gasteiger partial charge in [-0.2, -0.15) is 0 Å². The lowest BCUT2D eigenvalue weighted by atomic mass is 10.0. The highest BCUT2D eigenvalue weighted by atomic mass is 16.5. The summed E-state index contributed by atoms with van der Waals surface area (Å²) in [5.74, 6) is 0.529. The smallest absolute Gasteiger partial charge is 0.237 e. The minimum atomic E-state index is -0.0863. The van der Waals surface area contributed by atoms with Crippen LogP contribution in [0.4, 0.5) is 0 Å². The number of nitrogens with zero attached hydrogens (tertiary/aromatic N) is 3. The summed E-state index contributed by atoms with van der Waals surface area (Å²) in [6.45, 7) is 3.98. The molecule has 0 amide bonds. The Bertz CT molecular complexity index is 571. The van der Waals surface area contributed by atoms with Crippen molar-refractivity contribution in [1.29, 1.82) is 0 Å². The number of rotatable bonds is 4. The van der Waals surface area contributed by atoms with Crippen LogP contribution in [0.1, 0.15) is 28.7 Å². The Kier molecular flexibility index (Phi) is 4.06. The van der Waals surface area contributed by atoms with Gasteiger partial charge in [-0.3, -0.25) is 9.97 Å². The number of aromatic nitrogens is 3. The third kappa shape index (κ3) is 2.71. The summed E-state index contributed by atoms with van der Waals surface area (Å²) in [4.78, 5) is 13.1. The lowest BCUT2D eigenvalue weighted by Crippen LogP contribution is -2.21. The lowest BCUT2D eigenvalue weighted by molar-refractivity contribution is 0.384. The minimum absolute atomic E-state index is 0.0863. The molecule has 1 N–H and O–H groups in total. The molecule has 0 fully saturated rings. The third-order valence-corrected chi connectivity index (χ3v) is 3.02. The molecule has 0 saturated heterocycles. The van der Waals surface area contributed by atoms with Gasteiger partial charge in [0.25, 0.3) is 0 Å². The van der Waals surface area contributed by atoms with E-state index in [0.29, 0.717) is 5.88 Å². The van der Waals surface area contributed by atoms with E-state index in [1.54, 1.807) is 19.5 Å². The molecule has 1 atom stereocenters. The molecular weight excluding hydrogens is 240 g/mol. The van der Waals surface area contributed by atoms with Gasteiger partial charge < -0.3 is 10.1 Å². The van der Waals surface area contributed by atoms with E-state index in [9.17, 15) is 0 Å². The Morgan fingerprint density at radius 3 is 2.53 bits per heavy atom. The highest BCUT2D eigenvalue weighted by Gasteiger charge is 2.21. The van der Waals surface area contributed by atoms with Crippen LogP contribution in [-0.2, 0) is 0 Å². The summed E-state index contributed by atoms with van der Waals surface area (Å²) < 4.78 is 5.28. The standard InChI is InChI=1S/C14H18N4O/c1-9-5-6-11(10(2)18-9)12(15-3)13-14(19-4)17-8-7-16-13/h5-8,12,15H,1-4H3. The van der Waals surface area contributed by atoms with Crippen molar-refractivity contribution in [3.8, 4) is 5.88 Å². The van der Waals surface area contributed by atoms with Crippen LogP contribution < -0.4 is 10.1 Å². The van der Waals surface area contributed by atoms with Crippen molar-refractivity contribution in [2.75, 3.05) is 14.2 Å². The van der Waals surface area contributed by atoms with E-state index in [1.807, 2.05) is 27.0 Å². The molecule has 5 nitrogen and oxygen atoms in total.